The third-order valence-corrected chi connectivity index (χ3v) is 1.87. The molecule has 0 amide bonds. The van der Waals surface area contributed by atoms with Crippen LogP contribution in [-0.2, 0) is 0 Å². The third-order valence-electron chi connectivity index (χ3n) is 1.87. The van der Waals surface area contributed by atoms with E-state index in [-0.39, 0.29) is 18.1 Å². The van der Waals surface area contributed by atoms with Crippen LogP contribution in [0.5, 0.6) is 0 Å². The highest BCUT2D eigenvalue weighted by molar-refractivity contribution is 5.56. The molecule has 1 atom stereocenters. The first-order chi connectivity index (χ1) is 8.04. The Labute approximate surface area is 98.2 Å². The van der Waals surface area contributed by atoms with Gasteiger partial charge in [0.2, 0.25) is 11.8 Å². The molecular formula is C9H15N5O3. The van der Waals surface area contributed by atoms with Crippen LogP contribution in [0.25, 0.3) is 0 Å². The van der Waals surface area contributed by atoms with Crippen molar-refractivity contribution in [1.82, 2.24) is 9.97 Å². The maximum absolute atomic E-state index is 10.7. The van der Waals surface area contributed by atoms with E-state index in [1.807, 2.05) is 6.92 Å². The molecule has 0 radical (unpaired) electrons. The van der Waals surface area contributed by atoms with Gasteiger partial charge in [0.25, 0.3) is 0 Å². The minimum absolute atomic E-state index is 0.0989. The number of hydrogen-bond acceptors (Lipinski definition) is 7. The predicted molar refractivity (Wildman–Crippen MR) is 63.0 cm³/mol. The molecule has 8 nitrogen and oxygen atoms in total. The van der Waals surface area contributed by atoms with Gasteiger partial charge in [-0.05, 0) is 13.8 Å². The lowest BCUT2D eigenvalue weighted by Crippen LogP contribution is -2.17. The van der Waals surface area contributed by atoms with Crippen LogP contribution in [0.4, 0.5) is 17.5 Å². The summed E-state index contributed by atoms with van der Waals surface area (Å²) in [5.41, 5.74) is -0.215. The highest BCUT2D eigenvalue weighted by atomic mass is 16.6. The van der Waals surface area contributed by atoms with Gasteiger partial charge in [0, 0.05) is 13.1 Å². The van der Waals surface area contributed by atoms with Crippen LogP contribution in [-0.4, -0.2) is 39.2 Å². The second kappa shape index (κ2) is 5.94. The van der Waals surface area contributed by atoms with Gasteiger partial charge < -0.3 is 15.7 Å². The molecule has 94 valence electrons. The van der Waals surface area contributed by atoms with E-state index >= 15 is 0 Å². The molecule has 1 heterocycles. The predicted octanol–water partition coefficient (Wildman–Crippen LogP) is 0.609. The average Bonchev–Trinajstić information content (AvgIpc) is 2.26. The van der Waals surface area contributed by atoms with Crippen molar-refractivity contribution in [3.63, 3.8) is 0 Å². The topological polar surface area (TPSA) is 113 Å². The molecule has 0 aliphatic heterocycles. The van der Waals surface area contributed by atoms with E-state index in [9.17, 15) is 10.1 Å². The van der Waals surface area contributed by atoms with Gasteiger partial charge in [-0.25, -0.2) is 4.98 Å². The average molecular weight is 241 g/mol. The quantitative estimate of drug-likeness (QED) is 0.494. The largest absolute Gasteiger partial charge is 0.392 e. The summed E-state index contributed by atoms with van der Waals surface area (Å²) in [7, 11) is 0. The Bertz CT molecular complexity index is 396. The zero-order valence-corrected chi connectivity index (χ0v) is 9.67. The fraction of sp³-hybridized carbons (Fsp3) is 0.556. The lowest BCUT2D eigenvalue weighted by atomic mass is 10.4. The first-order valence-electron chi connectivity index (χ1n) is 5.21. The van der Waals surface area contributed by atoms with Crippen LogP contribution in [0.3, 0.4) is 0 Å². The third kappa shape index (κ3) is 3.83. The zero-order valence-electron chi connectivity index (χ0n) is 9.67. The van der Waals surface area contributed by atoms with Crippen molar-refractivity contribution in [1.29, 1.82) is 0 Å². The Morgan fingerprint density at radius 3 is 2.82 bits per heavy atom. The van der Waals surface area contributed by atoms with Gasteiger partial charge in [-0.2, -0.15) is 4.98 Å². The van der Waals surface area contributed by atoms with Crippen molar-refractivity contribution < 1.29 is 10.0 Å². The number of aliphatic hydroxyl groups excluding tert-OH is 1. The first-order valence-corrected chi connectivity index (χ1v) is 5.21. The summed E-state index contributed by atoms with van der Waals surface area (Å²) < 4.78 is 0. The molecule has 0 saturated carbocycles. The number of nitro groups is 1. The molecule has 1 aromatic heterocycles. The summed E-state index contributed by atoms with van der Waals surface area (Å²) in [5.74, 6) is 0.410. The summed E-state index contributed by atoms with van der Waals surface area (Å²) in [5, 5.41) is 25.4. The fourth-order valence-corrected chi connectivity index (χ4v) is 1.13. The van der Waals surface area contributed by atoms with Crippen molar-refractivity contribution in [2.45, 2.75) is 20.0 Å². The van der Waals surface area contributed by atoms with Gasteiger partial charge in [0.1, 0.15) is 6.20 Å². The highest BCUT2D eigenvalue weighted by Crippen LogP contribution is 2.21. The van der Waals surface area contributed by atoms with Gasteiger partial charge in [-0.1, -0.05) is 0 Å². The molecule has 0 saturated heterocycles. The summed E-state index contributed by atoms with van der Waals surface area (Å²) in [6.45, 7) is 4.25. The lowest BCUT2D eigenvalue weighted by molar-refractivity contribution is -0.384. The number of aromatic nitrogens is 2. The van der Waals surface area contributed by atoms with Crippen molar-refractivity contribution in [2.24, 2.45) is 0 Å². The molecular weight excluding hydrogens is 226 g/mol. The molecule has 0 spiro atoms. The summed E-state index contributed by atoms with van der Waals surface area (Å²) in [6, 6.07) is 0. The van der Waals surface area contributed by atoms with E-state index in [1.165, 1.54) is 0 Å². The van der Waals surface area contributed by atoms with Crippen LogP contribution in [0, 0.1) is 10.1 Å². The Morgan fingerprint density at radius 2 is 2.29 bits per heavy atom. The summed E-state index contributed by atoms with van der Waals surface area (Å²) in [4.78, 5) is 17.9. The van der Waals surface area contributed by atoms with Gasteiger partial charge >= 0.3 is 5.69 Å². The van der Waals surface area contributed by atoms with E-state index in [1.54, 1.807) is 6.92 Å². The monoisotopic (exact) mass is 241 g/mol. The molecule has 0 aliphatic carbocycles. The summed E-state index contributed by atoms with van der Waals surface area (Å²) >= 11 is 0. The van der Waals surface area contributed by atoms with Crippen molar-refractivity contribution in [3.8, 4) is 0 Å². The molecule has 8 heteroatoms. The Hall–Kier alpha value is -1.96. The molecule has 3 N–H and O–H groups in total. The SMILES string of the molecule is CCNc1ncc([N+](=O)[O-])c(NCC(C)O)n1. The highest BCUT2D eigenvalue weighted by Gasteiger charge is 2.17. The molecule has 0 bridgehead atoms. The number of nitrogens with zero attached hydrogens (tertiary/aromatic N) is 3. The molecule has 1 aromatic rings. The zero-order chi connectivity index (χ0) is 12.8. The number of aliphatic hydroxyl groups is 1. The maximum atomic E-state index is 10.7. The van der Waals surface area contributed by atoms with Gasteiger partial charge in [-0.15, -0.1) is 0 Å². The van der Waals surface area contributed by atoms with Crippen LogP contribution < -0.4 is 10.6 Å². The molecule has 0 aliphatic rings. The first kappa shape index (κ1) is 13.1. The number of hydrogen-bond donors (Lipinski definition) is 3. The molecule has 0 fully saturated rings. The van der Waals surface area contributed by atoms with Crippen LogP contribution in [0.1, 0.15) is 13.8 Å². The Balaban J connectivity index is 2.94. The molecule has 1 rings (SSSR count). The second-order valence-corrected chi connectivity index (χ2v) is 3.44. The van der Waals surface area contributed by atoms with Gasteiger partial charge in [0.05, 0.1) is 11.0 Å². The number of rotatable bonds is 6. The number of nitrogens with one attached hydrogen (secondary N) is 2. The van der Waals surface area contributed by atoms with E-state index in [4.69, 9.17) is 5.11 Å². The smallest absolute Gasteiger partial charge is 0.329 e. The maximum Gasteiger partial charge on any atom is 0.329 e. The van der Waals surface area contributed by atoms with Crippen molar-refractivity contribution >= 4 is 17.5 Å². The van der Waals surface area contributed by atoms with Gasteiger partial charge in [-0.3, -0.25) is 10.1 Å². The molecule has 17 heavy (non-hydrogen) atoms. The molecule has 1 unspecified atom stereocenters. The van der Waals surface area contributed by atoms with Crippen LogP contribution in [0.2, 0.25) is 0 Å². The van der Waals surface area contributed by atoms with Crippen LogP contribution in [0.15, 0.2) is 6.20 Å². The Morgan fingerprint density at radius 1 is 1.59 bits per heavy atom. The normalized spacial score (nSPS) is 11.9. The van der Waals surface area contributed by atoms with E-state index in [2.05, 4.69) is 20.6 Å². The standard InChI is InChI=1S/C9H15N5O3/c1-3-10-9-12-5-7(14(16)17)8(13-9)11-4-6(2)15/h5-6,15H,3-4H2,1-2H3,(H2,10,11,12,13). The number of anilines is 2. The van der Waals surface area contributed by atoms with E-state index in [0.29, 0.717) is 12.5 Å². The lowest BCUT2D eigenvalue weighted by Gasteiger charge is -2.09. The van der Waals surface area contributed by atoms with Crippen LogP contribution >= 0.6 is 0 Å². The van der Waals surface area contributed by atoms with E-state index < -0.39 is 11.0 Å². The summed E-state index contributed by atoms with van der Waals surface area (Å²) in [6.07, 6.45) is 0.516. The van der Waals surface area contributed by atoms with E-state index in [0.717, 1.165) is 6.20 Å². The van der Waals surface area contributed by atoms with Gasteiger partial charge in [0.15, 0.2) is 0 Å². The fourth-order valence-electron chi connectivity index (χ4n) is 1.13. The van der Waals surface area contributed by atoms with Crippen molar-refractivity contribution in [3.05, 3.63) is 16.3 Å². The molecule has 0 aromatic carbocycles. The van der Waals surface area contributed by atoms with Crippen molar-refractivity contribution in [2.75, 3.05) is 23.7 Å². The second-order valence-electron chi connectivity index (χ2n) is 3.44. The Kier molecular flexibility index (Phi) is 4.58. The minimum Gasteiger partial charge on any atom is -0.392 e. The minimum atomic E-state index is -0.618.